The largest absolute Gasteiger partial charge is 0.479 e. The van der Waals surface area contributed by atoms with Gasteiger partial charge in [0.2, 0.25) is 5.60 Å². The van der Waals surface area contributed by atoms with Crippen LogP contribution in [-0.2, 0) is 13.5 Å². The third-order valence-corrected chi connectivity index (χ3v) is 3.44. The molecule has 0 radical (unpaired) electrons. The first-order valence-corrected chi connectivity index (χ1v) is 6.24. The molecule has 0 aliphatic rings. The van der Waals surface area contributed by atoms with Crippen LogP contribution < -0.4 is 0 Å². The number of aliphatic carboxylic acids is 1. The van der Waals surface area contributed by atoms with Crippen molar-refractivity contribution < 1.29 is 13.0 Å². The van der Waals surface area contributed by atoms with Crippen LogP contribution in [0.2, 0.25) is 0 Å². The normalized spacial score (nSPS) is 11.2. The molecule has 0 aliphatic carbocycles. The molecule has 18 heavy (non-hydrogen) atoms. The first-order valence-electron chi connectivity index (χ1n) is 5.36. The monoisotopic (exact) mass is 354 g/mol. The predicted molar refractivity (Wildman–Crippen MR) is 76.4 cm³/mol. The lowest BCUT2D eigenvalue weighted by Crippen LogP contribution is -2.37. The lowest BCUT2D eigenvalue weighted by molar-refractivity contribution is -0.150. The number of carbonyl (C=O) groups is 1. The minimum Gasteiger partial charge on any atom is -0.479 e. The van der Waals surface area contributed by atoms with Gasteiger partial charge < -0.3 is 5.11 Å². The van der Waals surface area contributed by atoms with Crippen LogP contribution in [0.25, 0.3) is 0 Å². The van der Waals surface area contributed by atoms with Crippen LogP contribution in [-0.4, -0.2) is 11.1 Å². The van der Waals surface area contributed by atoms with Crippen molar-refractivity contribution in [3.63, 3.8) is 0 Å². The summed E-state index contributed by atoms with van der Waals surface area (Å²) < 4.78 is 5.34. The lowest BCUT2D eigenvalue weighted by Gasteiger charge is -2.27. The van der Waals surface area contributed by atoms with Gasteiger partial charge in [-0.3, -0.25) is 3.07 Å². The third-order valence-electron chi connectivity index (χ3n) is 2.78. The molecule has 0 amide bonds. The van der Waals surface area contributed by atoms with Crippen molar-refractivity contribution in [2.45, 2.75) is 5.60 Å². The number of halogens is 1. The van der Waals surface area contributed by atoms with Crippen LogP contribution >= 0.6 is 23.0 Å². The summed E-state index contributed by atoms with van der Waals surface area (Å²) in [5.74, 6) is -1.03. The maximum Gasteiger partial charge on any atom is 0.346 e. The topological polar surface area (TPSA) is 46.5 Å². The minimum absolute atomic E-state index is 0.595. The maximum absolute atomic E-state index is 11.7. The van der Waals surface area contributed by atoms with Gasteiger partial charge in [-0.05, 0) is 0 Å². The van der Waals surface area contributed by atoms with E-state index < -0.39 is 11.6 Å². The van der Waals surface area contributed by atoms with Crippen molar-refractivity contribution in [1.82, 2.24) is 0 Å². The fourth-order valence-electron chi connectivity index (χ4n) is 1.88. The fourth-order valence-corrected chi connectivity index (χ4v) is 2.58. The van der Waals surface area contributed by atoms with Crippen molar-refractivity contribution in [2.24, 2.45) is 0 Å². The Morgan fingerprint density at radius 2 is 1.33 bits per heavy atom. The van der Waals surface area contributed by atoms with Gasteiger partial charge in [-0.15, -0.1) is 0 Å². The van der Waals surface area contributed by atoms with Crippen molar-refractivity contribution in [2.75, 3.05) is 0 Å². The van der Waals surface area contributed by atoms with E-state index in [1.165, 1.54) is 0 Å². The second-order valence-electron chi connectivity index (χ2n) is 3.80. The summed E-state index contributed by atoms with van der Waals surface area (Å²) in [6.45, 7) is 0. The summed E-state index contributed by atoms with van der Waals surface area (Å²) in [7, 11) is 0. The summed E-state index contributed by atoms with van der Waals surface area (Å²) >= 11 is 1.64. The van der Waals surface area contributed by atoms with Gasteiger partial charge in [-0.2, -0.15) is 0 Å². The van der Waals surface area contributed by atoms with Gasteiger partial charge in [0.15, 0.2) is 0 Å². The second kappa shape index (κ2) is 5.49. The molecule has 4 heteroatoms. The number of carboxylic acid groups (broad SMARTS) is 1. The van der Waals surface area contributed by atoms with E-state index in [9.17, 15) is 9.90 Å². The first kappa shape index (κ1) is 13.0. The number of carboxylic acids is 1. The molecule has 0 saturated carbocycles. The van der Waals surface area contributed by atoms with E-state index >= 15 is 0 Å². The molecule has 1 N–H and O–H groups in total. The molecular formula is C14H11IO3. The van der Waals surface area contributed by atoms with Crippen molar-refractivity contribution in [3.8, 4) is 0 Å². The zero-order chi connectivity index (χ0) is 13.0. The molecule has 0 fully saturated rings. The number of hydrogen-bond acceptors (Lipinski definition) is 2. The molecule has 0 unspecified atom stereocenters. The van der Waals surface area contributed by atoms with Crippen LogP contribution in [0.15, 0.2) is 60.7 Å². The smallest absolute Gasteiger partial charge is 0.346 e. The summed E-state index contributed by atoms with van der Waals surface area (Å²) in [5.41, 5.74) is -0.278. The third kappa shape index (κ3) is 2.13. The molecule has 92 valence electrons. The molecule has 0 bridgehead atoms. The number of benzene rings is 2. The predicted octanol–water partition coefficient (Wildman–Crippen LogP) is 3.38. The Hall–Kier alpha value is -1.40. The zero-order valence-electron chi connectivity index (χ0n) is 9.42. The van der Waals surface area contributed by atoms with Crippen LogP contribution in [0.1, 0.15) is 11.1 Å². The highest BCUT2D eigenvalue weighted by Crippen LogP contribution is 2.35. The minimum atomic E-state index is -1.47. The Morgan fingerprint density at radius 3 is 1.61 bits per heavy atom. The fraction of sp³-hybridized carbons (Fsp3) is 0.0714. The highest BCUT2D eigenvalue weighted by molar-refractivity contribution is 14.1. The summed E-state index contributed by atoms with van der Waals surface area (Å²) in [5, 5.41) is 9.60. The van der Waals surface area contributed by atoms with E-state index in [4.69, 9.17) is 3.07 Å². The molecular weight excluding hydrogens is 343 g/mol. The van der Waals surface area contributed by atoms with Crippen molar-refractivity contribution in [1.29, 1.82) is 0 Å². The van der Waals surface area contributed by atoms with E-state index in [-0.39, 0.29) is 0 Å². The van der Waals surface area contributed by atoms with Crippen LogP contribution in [0.5, 0.6) is 0 Å². The molecule has 2 aromatic rings. The van der Waals surface area contributed by atoms with Gasteiger partial charge in [-0.25, -0.2) is 4.79 Å². The molecule has 2 aromatic carbocycles. The van der Waals surface area contributed by atoms with Crippen molar-refractivity contribution >= 4 is 29.0 Å². The van der Waals surface area contributed by atoms with Gasteiger partial charge in [-0.1, -0.05) is 60.7 Å². The van der Waals surface area contributed by atoms with Gasteiger partial charge in [0.25, 0.3) is 0 Å². The van der Waals surface area contributed by atoms with E-state index in [2.05, 4.69) is 0 Å². The Morgan fingerprint density at radius 1 is 0.944 bits per heavy atom. The van der Waals surface area contributed by atoms with Crippen LogP contribution in [0, 0.1) is 0 Å². The lowest BCUT2D eigenvalue weighted by atomic mass is 9.86. The average molecular weight is 354 g/mol. The number of hydrogen-bond donors (Lipinski definition) is 1. The quantitative estimate of drug-likeness (QED) is 0.857. The summed E-state index contributed by atoms with van der Waals surface area (Å²) in [4.78, 5) is 11.7. The van der Waals surface area contributed by atoms with Gasteiger partial charge in [0, 0.05) is 11.1 Å². The standard InChI is InChI=1S/C14H11IO3/c15-18-14(13(16)17,11-7-3-1-4-8-11)12-9-5-2-6-10-12/h1-10H,(H,16,17). The molecule has 0 spiro atoms. The van der Waals surface area contributed by atoms with E-state index in [1.807, 2.05) is 12.1 Å². The summed E-state index contributed by atoms with van der Waals surface area (Å²) in [6, 6.07) is 17.9. The Balaban J connectivity index is 2.65. The zero-order valence-corrected chi connectivity index (χ0v) is 11.6. The van der Waals surface area contributed by atoms with Crippen molar-refractivity contribution in [3.05, 3.63) is 71.8 Å². The average Bonchev–Trinajstić information content (AvgIpc) is 2.42. The van der Waals surface area contributed by atoms with Gasteiger partial charge in [0.1, 0.15) is 23.0 Å². The summed E-state index contributed by atoms with van der Waals surface area (Å²) in [6.07, 6.45) is 0. The van der Waals surface area contributed by atoms with Crippen LogP contribution in [0.3, 0.4) is 0 Å². The SMILES string of the molecule is O=C(O)C(OI)(c1ccccc1)c1ccccc1. The van der Waals surface area contributed by atoms with E-state index in [0.717, 1.165) is 0 Å². The highest BCUT2D eigenvalue weighted by atomic mass is 127. The Labute approximate surface area is 119 Å². The molecule has 3 nitrogen and oxygen atoms in total. The van der Waals surface area contributed by atoms with E-state index in [0.29, 0.717) is 11.1 Å². The molecule has 0 aromatic heterocycles. The maximum atomic E-state index is 11.7. The Kier molecular flexibility index (Phi) is 3.98. The van der Waals surface area contributed by atoms with Gasteiger partial charge >= 0.3 is 5.97 Å². The molecule has 2 rings (SSSR count). The molecule has 0 heterocycles. The molecule has 0 saturated heterocycles. The van der Waals surface area contributed by atoms with Gasteiger partial charge in [0.05, 0.1) is 0 Å². The second-order valence-corrected chi connectivity index (χ2v) is 4.24. The first-order chi connectivity index (χ1) is 8.71. The van der Waals surface area contributed by atoms with E-state index in [1.54, 1.807) is 71.5 Å². The molecule has 0 aliphatic heterocycles. The molecule has 0 atom stereocenters. The van der Waals surface area contributed by atoms with Crippen LogP contribution in [0.4, 0.5) is 0 Å². The number of rotatable bonds is 4. The highest BCUT2D eigenvalue weighted by Gasteiger charge is 2.43. The Bertz CT molecular complexity index is 486.